The molecular formula is C21H19NO7S. The first-order chi connectivity index (χ1) is 14.2. The zero-order valence-electron chi connectivity index (χ0n) is 16.5. The van der Waals surface area contributed by atoms with E-state index in [9.17, 15) is 24.3 Å². The van der Waals surface area contributed by atoms with Gasteiger partial charge in [-0.05, 0) is 56.3 Å². The molecule has 0 saturated carbocycles. The van der Waals surface area contributed by atoms with E-state index in [1.54, 1.807) is 38.1 Å². The molecule has 0 aliphatic carbocycles. The summed E-state index contributed by atoms with van der Waals surface area (Å²) in [5.74, 6) is -1.55. The molecule has 3 rings (SSSR count). The standard InChI is InChI=1S/C21H19NO7S/c1-4-28-20(26)12(3)22-18(23)17(30-21(22)27)10-13-8-9-16(29-13)14-6-5-7-15(11(14)2)19(24)25/h5-10,12H,4H2,1-3H3,(H,24,25). The minimum absolute atomic E-state index is 0.119. The number of esters is 1. The summed E-state index contributed by atoms with van der Waals surface area (Å²) in [6, 6.07) is 7.11. The molecule has 1 atom stereocenters. The van der Waals surface area contributed by atoms with Crippen LogP contribution in [0.25, 0.3) is 17.4 Å². The van der Waals surface area contributed by atoms with Gasteiger partial charge in [0.15, 0.2) is 0 Å². The van der Waals surface area contributed by atoms with E-state index in [1.165, 1.54) is 19.1 Å². The maximum Gasteiger partial charge on any atom is 0.335 e. The highest BCUT2D eigenvalue weighted by Crippen LogP contribution is 2.35. The molecule has 1 aromatic carbocycles. The quantitative estimate of drug-likeness (QED) is 0.542. The van der Waals surface area contributed by atoms with Crippen LogP contribution in [0.15, 0.2) is 39.7 Å². The average Bonchev–Trinajstić information content (AvgIpc) is 3.26. The summed E-state index contributed by atoms with van der Waals surface area (Å²) >= 11 is 0.708. The van der Waals surface area contributed by atoms with Crippen LogP contribution in [0.5, 0.6) is 0 Å². The van der Waals surface area contributed by atoms with Crippen molar-refractivity contribution in [1.29, 1.82) is 0 Å². The molecule has 2 aromatic rings. The SMILES string of the molecule is CCOC(=O)C(C)N1C(=O)SC(=Cc2ccc(-c3cccc(C(=O)O)c3C)o2)C1=O. The highest BCUT2D eigenvalue weighted by Gasteiger charge is 2.41. The van der Waals surface area contributed by atoms with Gasteiger partial charge in [-0.1, -0.05) is 12.1 Å². The maximum atomic E-state index is 12.6. The van der Waals surface area contributed by atoms with Crippen molar-refractivity contribution >= 4 is 40.9 Å². The van der Waals surface area contributed by atoms with Crippen molar-refractivity contribution in [3.05, 3.63) is 52.1 Å². The third-order valence-electron chi connectivity index (χ3n) is 4.57. The number of hydrogen-bond donors (Lipinski definition) is 1. The minimum atomic E-state index is -1.04. The zero-order valence-corrected chi connectivity index (χ0v) is 17.3. The maximum absolute atomic E-state index is 12.6. The molecule has 0 radical (unpaired) electrons. The van der Waals surface area contributed by atoms with Crippen LogP contribution >= 0.6 is 11.8 Å². The Labute approximate surface area is 176 Å². The molecule has 30 heavy (non-hydrogen) atoms. The van der Waals surface area contributed by atoms with Crippen LogP contribution in [0.2, 0.25) is 0 Å². The van der Waals surface area contributed by atoms with Crippen LogP contribution in [-0.4, -0.2) is 45.7 Å². The molecule has 8 nitrogen and oxygen atoms in total. The number of imide groups is 1. The molecule has 1 aromatic heterocycles. The fourth-order valence-corrected chi connectivity index (χ4v) is 3.91. The fraction of sp³-hybridized carbons (Fsp3) is 0.238. The molecule has 0 spiro atoms. The number of thioether (sulfide) groups is 1. The molecule has 1 fully saturated rings. The molecule has 1 N–H and O–H groups in total. The number of carboxylic acids is 1. The Morgan fingerprint density at radius 3 is 2.67 bits per heavy atom. The Kier molecular flexibility index (Phi) is 6.12. The number of ether oxygens (including phenoxy) is 1. The minimum Gasteiger partial charge on any atom is -0.478 e. The summed E-state index contributed by atoms with van der Waals surface area (Å²) in [6.07, 6.45) is 1.42. The highest BCUT2D eigenvalue weighted by atomic mass is 32.2. The third kappa shape index (κ3) is 4.02. The van der Waals surface area contributed by atoms with E-state index in [4.69, 9.17) is 9.15 Å². The number of rotatable bonds is 6. The van der Waals surface area contributed by atoms with Crippen molar-refractivity contribution in [2.45, 2.75) is 26.8 Å². The molecule has 1 aliphatic heterocycles. The molecular weight excluding hydrogens is 410 g/mol. The van der Waals surface area contributed by atoms with Gasteiger partial charge in [-0.2, -0.15) is 0 Å². The number of carboxylic acid groups (broad SMARTS) is 1. The Morgan fingerprint density at radius 2 is 2.00 bits per heavy atom. The van der Waals surface area contributed by atoms with E-state index in [1.807, 2.05) is 0 Å². The van der Waals surface area contributed by atoms with E-state index in [0.29, 0.717) is 34.4 Å². The summed E-state index contributed by atoms with van der Waals surface area (Å²) in [5, 5.41) is 8.71. The van der Waals surface area contributed by atoms with Crippen LogP contribution in [-0.2, 0) is 14.3 Å². The largest absolute Gasteiger partial charge is 0.478 e. The van der Waals surface area contributed by atoms with Crippen LogP contribution in [0.1, 0.15) is 35.5 Å². The van der Waals surface area contributed by atoms with E-state index in [2.05, 4.69) is 0 Å². The monoisotopic (exact) mass is 429 g/mol. The molecule has 2 amide bonds. The Balaban J connectivity index is 1.86. The van der Waals surface area contributed by atoms with Gasteiger partial charge >= 0.3 is 11.9 Å². The number of benzene rings is 1. The Bertz CT molecular complexity index is 1070. The van der Waals surface area contributed by atoms with Gasteiger partial charge in [-0.25, -0.2) is 9.59 Å². The zero-order chi connectivity index (χ0) is 22.0. The number of nitrogens with zero attached hydrogens (tertiary/aromatic N) is 1. The van der Waals surface area contributed by atoms with Gasteiger partial charge in [0.05, 0.1) is 17.1 Å². The van der Waals surface area contributed by atoms with E-state index in [-0.39, 0.29) is 17.1 Å². The summed E-state index contributed by atoms with van der Waals surface area (Å²) in [6.45, 7) is 4.90. The molecule has 1 unspecified atom stereocenters. The number of carbonyl (C=O) groups excluding carboxylic acids is 3. The number of hydrogen-bond acceptors (Lipinski definition) is 7. The van der Waals surface area contributed by atoms with Gasteiger partial charge in [-0.3, -0.25) is 14.5 Å². The second-order valence-corrected chi connectivity index (χ2v) is 7.46. The van der Waals surface area contributed by atoms with Crippen molar-refractivity contribution in [3.8, 4) is 11.3 Å². The van der Waals surface area contributed by atoms with Gasteiger partial charge in [-0.15, -0.1) is 0 Å². The van der Waals surface area contributed by atoms with Crippen LogP contribution in [0.4, 0.5) is 4.79 Å². The Morgan fingerprint density at radius 1 is 1.27 bits per heavy atom. The fourth-order valence-electron chi connectivity index (χ4n) is 3.02. The van der Waals surface area contributed by atoms with Gasteiger partial charge in [0.1, 0.15) is 17.6 Å². The summed E-state index contributed by atoms with van der Waals surface area (Å²) < 4.78 is 10.6. The molecule has 1 saturated heterocycles. The first-order valence-corrected chi connectivity index (χ1v) is 9.93. The molecule has 0 bridgehead atoms. The number of aromatic carboxylic acids is 1. The number of carbonyl (C=O) groups is 4. The predicted molar refractivity (Wildman–Crippen MR) is 110 cm³/mol. The van der Waals surface area contributed by atoms with Gasteiger partial charge < -0.3 is 14.3 Å². The van der Waals surface area contributed by atoms with Crippen molar-refractivity contribution in [2.75, 3.05) is 6.61 Å². The number of amides is 2. The summed E-state index contributed by atoms with van der Waals surface area (Å²) in [5.41, 5.74) is 1.33. The van der Waals surface area contributed by atoms with Crippen LogP contribution in [0, 0.1) is 6.92 Å². The first kappa shape index (κ1) is 21.4. The second-order valence-electron chi connectivity index (χ2n) is 6.47. The lowest BCUT2D eigenvalue weighted by Crippen LogP contribution is -2.42. The van der Waals surface area contributed by atoms with E-state index < -0.39 is 29.1 Å². The lowest BCUT2D eigenvalue weighted by molar-refractivity contribution is -0.150. The lowest BCUT2D eigenvalue weighted by Gasteiger charge is -2.19. The van der Waals surface area contributed by atoms with E-state index >= 15 is 0 Å². The van der Waals surface area contributed by atoms with E-state index in [0.717, 1.165) is 4.90 Å². The van der Waals surface area contributed by atoms with Gasteiger partial charge in [0, 0.05) is 11.6 Å². The Hall–Kier alpha value is -3.33. The van der Waals surface area contributed by atoms with Gasteiger partial charge in [0.25, 0.3) is 11.1 Å². The van der Waals surface area contributed by atoms with Crippen molar-refractivity contribution in [2.24, 2.45) is 0 Å². The van der Waals surface area contributed by atoms with Crippen LogP contribution in [0.3, 0.4) is 0 Å². The van der Waals surface area contributed by atoms with Crippen molar-refractivity contribution < 1.29 is 33.4 Å². The lowest BCUT2D eigenvalue weighted by atomic mass is 10.0. The molecule has 1 aliphatic rings. The molecule has 9 heteroatoms. The topological polar surface area (TPSA) is 114 Å². The third-order valence-corrected chi connectivity index (χ3v) is 5.45. The van der Waals surface area contributed by atoms with Crippen molar-refractivity contribution in [1.82, 2.24) is 4.90 Å². The highest BCUT2D eigenvalue weighted by molar-refractivity contribution is 8.18. The van der Waals surface area contributed by atoms with Crippen LogP contribution < -0.4 is 0 Å². The summed E-state index contributed by atoms with van der Waals surface area (Å²) in [4.78, 5) is 49.1. The predicted octanol–water partition coefficient (Wildman–Crippen LogP) is 3.94. The second kappa shape index (κ2) is 8.58. The average molecular weight is 429 g/mol. The summed E-state index contributed by atoms with van der Waals surface area (Å²) in [7, 11) is 0. The smallest absolute Gasteiger partial charge is 0.335 e. The van der Waals surface area contributed by atoms with Crippen molar-refractivity contribution in [3.63, 3.8) is 0 Å². The normalized spacial score (nSPS) is 16.2. The van der Waals surface area contributed by atoms with Gasteiger partial charge in [0.2, 0.25) is 0 Å². The number of furan rings is 1. The first-order valence-electron chi connectivity index (χ1n) is 9.11. The molecule has 156 valence electrons. The molecule has 2 heterocycles.